The minimum atomic E-state index is -5.54. The zero-order valence-electron chi connectivity index (χ0n) is 19.8. The molecule has 3 amide bonds. The fourth-order valence-corrected chi connectivity index (χ4v) is 5.53. The Morgan fingerprint density at radius 2 is 1.70 bits per heavy atom. The molecule has 13 heteroatoms. The van der Waals surface area contributed by atoms with Gasteiger partial charge in [0.05, 0.1) is 10.6 Å². The second kappa shape index (κ2) is 9.28. The summed E-state index contributed by atoms with van der Waals surface area (Å²) < 4.78 is 67.6. The highest BCUT2D eigenvalue weighted by atomic mass is 32.2. The number of rotatable bonds is 8. The quantitative estimate of drug-likeness (QED) is 0.475. The average Bonchev–Trinajstić information content (AvgIpc) is 3.44. The maximum absolute atomic E-state index is 13.3. The molecule has 5 rings (SSSR count). The van der Waals surface area contributed by atoms with Crippen LogP contribution in [0.15, 0.2) is 47.5 Å². The lowest BCUT2D eigenvalue weighted by Gasteiger charge is -2.21. The van der Waals surface area contributed by atoms with E-state index in [0.717, 1.165) is 48.8 Å². The average molecular weight is 539 g/mol. The van der Waals surface area contributed by atoms with Gasteiger partial charge in [-0.3, -0.25) is 9.69 Å². The van der Waals surface area contributed by atoms with Gasteiger partial charge < -0.3 is 9.64 Å². The van der Waals surface area contributed by atoms with E-state index in [9.17, 15) is 31.2 Å². The van der Waals surface area contributed by atoms with Crippen LogP contribution in [-0.4, -0.2) is 72.4 Å². The number of urea groups is 1. The SMILES string of the molecule is O=C1N(c2ccc(S(=O)(=O)C(F)(F)F)cc2)C(=O)C2(CC2)N1Cc1ccnc(OCCN2CCCC2)c1. The maximum Gasteiger partial charge on any atom is 0.501 e. The fourth-order valence-electron chi connectivity index (χ4n) is 4.77. The Balaban J connectivity index is 1.30. The molecule has 1 aromatic heterocycles. The summed E-state index contributed by atoms with van der Waals surface area (Å²) in [5, 5.41) is 0. The van der Waals surface area contributed by atoms with Crippen LogP contribution in [0.5, 0.6) is 5.88 Å². The number of halogens is 3. The molecule has 1 spiro atoms. The summed E-state index contributed by atoms with van der Waals surface area (Å²) in [5.74, 6) is -0.0714. The number of nitrogens with zero attached hydrogens (tertiary/aromatic N) is 4. The Kier molecular flexibility index (Phi) is 6.39. The van der Waals surface area contributed by atoms with Crippen LogP contribution >= 0.6 is 0 Å². The topological polar surface area (TPSA) is 100 Å². The number of imide groups is 1. The van der Waals surface area contributed by atoms with Gasteiger partial charge in [-0.15, -0.1) is 0 Å². The molecule has 1 aliphatic carbocycles. The van der Waals surface area contributed by atoms with Gasteiger partial charge in [-0.25, -0.2) is 23.1 Å². The summed E-state index contributed by atoms with van der Waals surface area (Å²) in [7, 11) is -5.54. The van der Waals surface area contributed by atoms with Gasteiger partial charge in [-0.1, -0.05) is 0 Å². The molecular weight excluding hydrogens is 513 g/mol. The smallest absolute Gasteiger partial charge is 0.476 e. The van der Waals surface area contributed by atoms with E-state index in [1.807, 2.05) is 0 Å². The highest BCUT2D eigenvalue weighted by molar-refractivity contribution is 7.92. The Morgan fingerprint density at radius 3 is 2.32 bits per heavy atom. The number of ether oxygens (including phenoxy) is 1. The summed E-state index contributed by atoms with van der Waals surface area (Å²) in [5.41, 5.74) is -5.75. The van der Waals surface area contributed by atoms with Crippen LogP contribution in [0.3, 0.4) is 0 Å². The normalized spacial score (nSPS) is 19.8. The first-order valence-electron chi connectivity index (χ1n) is 11.9. The fraction of sp³-hybridized carbons (Fsp3) is 0.458. The lowest BCUT2D eigenvalue weighted by atomic mass is 10.2. The third kappa shape index (κ3) is 4.65. The first-order chi connectivity index (χ1) is 17.5. The molecule has 37 heavy (non-hydrogen) atoms. The van der Waals surface area contributed by atoms with E-state index in [4.69, 9.17) is 4.74 Å². The number of carbonyl (C=O) groups excluding carboxylic acids is 2. The second-order valence-corrected chi connectivity index (χ2v) is 11.3. The molecule has 0 N–H and O–H groups in total. The van der Waals surface area contributed by atoms with E-state index in [-0.39, 0.29) is 12.2 Å². The standard InChI is InChI=1S/C24H25F3N4O5S/c25-24(26,27)37(34,35)19-5-3-18(4-6-19)31-21(32)23(8-9-23)30(22(31)33)16-17-7-10-28-20(15-17)36-14-13-29-11-1-2-12-29/h3-7,10,15H,1-2,8-9,11-14,16H2. The number of hydrogen-bond acceptors (Lipinski definition) is 7. The van der Waals surface area contributed by atoms with Crippen LogP contribution < -0.4 is 9.64 Å². The van der Waals surface area contributed by atoms with Gasteiger partial charge in [0.1, 0.15) is 12.1 Å². The van der Waals surface area contributed by atoms with Crippen molar-refractivity contribution in [3.63, 3.8) is 0 Å². The van der Waals surface area contributed by atoms with Gasteiger partial charge in [0.15, 0.2) is 0 Å². The number of pyridine rings is 1. The molecule has 0 unspecified atom stereocenters. The Hall–Kier alpha value is -3.19. The molecule has 198 valence electrons. The van der Waals surface area contributed by atoms with Crippen molar-refractivity contribution in [2.24, 2.45) is 0 Å². The van der Waals surface area contributed by atoms with Crippen molar-refractivity contribution in [2.45, 2.75) is 48.2 Å². The van der Waals surface area contributed by atoms with Crippen LogP contribution in [0.2, 0.25) is 0 Å². The number of amides is 3. The van der Waals surface area contributed by atoms with Crippen molar-refractivity contribution >= 4 is 27.5 Å². The third-order valence-corrected chi connectivity index (χ3v) is 8.47. The minimum Gasteiger partial charge on any atom is -0.476 e. The van der Waals surface area contributed by atoms with E-state index >= 15 is 0 Å². The van der Waals surface area contributed by atoms with Crippen molar-refractivity contribution in [1.29, 1.82) is 0 Å². The summed E-state index contributed by atoms with van der Waals surface area (Å²) in [6.07, 6.45) is 4.86. The predicted octanol–water partition coefficient (Wildman–Crippen LogP) is 3.35. The molecule has 3 fully saturated rings. The number of anilines is 1. The van der Waals surface area contributed by atoms with E-state index in [2.05, 4.69) is 9.88 Å². The van der Waals surface area contributed by atoms with Crippen molar-refractivity contribution in [3.8, 4) is 5.88 Å². The van der Waals surface area contributed by atoms with Gasteiger partial charge in [-0.05, 0) is 74.7 Å². The van der Waals surface area contributed by atoms with Crippen molar-refractivity contribution in [2.75, 3.05) is 31.1 Å². The van der Waals surface area contributed by atoms with Crippen LogP contribution in [-0.2, 0) is 21.2 Å². The predicted molar refractivity (Wildman–Crippen MR) is 125 cm³/mol. The number of likely N-dealkylation sites (tertiary alicyclic amines) is 1. The zero-order chi connectivity index (χ0) is 26.4. The third-order valence-electron chi connectivity index (χ3n) is 6.97. The Morgan fingerprint density at radius 1 is 1.03 bits per heavy atom. The number of hydrogen-bond donors (Lipinski definition) is 0. The molecule has 3 heterocycles. The molecular formula is C24H25F3N4O5S. The Labute approximate surface area is 211 Å². The van der Waals surface area contributed by atoms with E-state index < -0.39 is 37.7 Å². The molecule has 1 saturated carbocycles. The lowest BCUT2D eigenvalue weighted by Crippen LogP contribution is -2.36. The van der Waals surface area contributed by atoms with E-state index in [0.29, 0.717) is 30.9 Å². The molecule has 9 nitrogen and oxygen atoms in total. The molecule has 2 aliphatic heterocycles. The molecule has 0 radical (unpaired) electrons. The number of carbonyl (C=O) groups is 2. The van der Waals surface area contributed by atoms with E-state index in [1.165, 1.54) is 17.7 Å². The van der Waals surface area contributed by atoms with Crippen molar-refractivity contribution in [3.05, 3.63) is 48.2 Å². The second-order valence-electron chi connectivity index (χ2n) is 9.38. The highest BCUT2D eigenvalue weighted by Crippen LogP contribution is 2.49. The molecule has 2 aromatic rings. The number of benzene rings is 1. The van der Waals surface area contributed by atoms with Gasteiger partial charge in [-0.2, -0.15) is 13.2 Å². The monoisotopic (exact) mass is 538 g/mol. The summed E-state index contributed by atoms with van der Waals surface area (Å²) in [4.78, 5) is 34.4. The van der Waals surface area contributed by atoms with Crippen LogP contribution in [0.1, 0.15) is 31.2 Å². The van der Waals surface area contributed by atoms with Gasteiger partial charge in [0, 0.05) is 25.4 Å². The molecule has 0 atom stereocenters. The summed E-state index contributed by atoms with van der Waals surface area (Å²) in [6, 6.07) is 6.38. The molecule has 0 bridgehead atoms. The van der Waals surface area contributed by atoms with Crippen LogP contribution in [0, 0.1) is 0 Å². The van der Waals surface area contributed by atoms with Gasteiger partial charge in [0.2, 0.25) is 5.88 Å². The zero-order valence-corrected chi connectivity index (χ0v) is 20.6. The summed E-state index contributed by atoms with van der Waals surface area (Å²) >= 11 is 0. The summed E-state index contributed by atoms with van der Waals surface area (Å²) in [6.45, 7) is 3.51. The number of aromatic nitrogens is 1. The van der Waals surface area contributed by atoms with Crippen molar-refractivity contribution < 1.29 is 35.9 Å². The number of alkyl halides is 3. The molecule has 3 aliphatic rings. The van der Waals surface area contributed by atoms with Gasteiger partial charge >= 0.3 is 11.5 Å². The van der Waals surface area contributed by atoms with Gasteiger partial charge in [0.25, 0.3) is 15.7 Å². The lowest BCUT2D eigenvalue weighted by molar-refractivity contribution is -0.120. The largest absolute Gasteiger partial charge is 0.501 e. The first kappa shape index (κ1) is 25.5. The van der Waals surface area contributed by atoms with Crippen LogP contribution in [0.4, 0.5) is 23.7 Å². The maximum atomic E-state index is 13.3. The van der Waals surface area contributed by atoms with Crippen LogP contribution in [0.25, 0.3) is 0 Å². The minimum absolute atomic E-state index is 0.00515. The van der Waals surface area contributed by atoms with E-state index in [1.54, 1.807) is 18.3 Å². The van der Waals surface area contributed by atoms with Crippen molar-refractivity contribution in [1.82, 2.24) is 14.8 Å². The Bertz CT molecular complexity index is 1310. The number of sulfone groups is 1. The first-order valence-corrected chi connectivity index (χ1v) is 13.4. The molecule has 2 saturated heterocycles. The molecule has 1 aromatic carbocycles. The highest BCUT2D eigenvalue weighted by Gasteiger charge is 2.65.